The fourth-order valence-corrected chi connectivity index (χ4v) is 5.57. The summed E-state index contributed by atoms with van der Waals surface area (Å²) >= 11 is 0. The van der Waals surface area contributed by atoms with E-state index in [9.17, 15) is 9.90 Å². The highest BCUT2D eigenvalue weighted by Gasteiger charge is 2.49. The molecule has 0 radical (unpaired) electrons. The Morgan fingerprint density at radius 1 is 1.12 bits per heavy atom. The van der Waals surface area contributed by atoms with E-state index in [0.717, 1.165) is 12.8 Å². The molecule has 3 aromatic rings. The van der Waals surface area contributed by atoms with Gasteiger partial charge in [-0.05, 0) is 69.4 Å². The minimum absolute atomic E-state index is 0.0258. The number of fused-ring (bicyclic) bond motifs is 2. The van der Waals surface area contributed by atoms with Crippen molar-refractivity contribution in [3.8, 4) is 28.1 Å². The highest BCUT2D eigenvalue weighted by atomic mass is 19.1. The minimum atomic E-state index is -0.651. The highest BCUT2D eigenvalue weighted by molar-refractivity contribution is 5.74. The van der Waals surface area contributed by atoms with Crippen LogP contribution < -0.4 is 15.8 Å². The van der Waals surface area contributed by atoms with Crippen molar-refractivity contribution in [1.82, 2.24) is 25.3 Å². The van der Waals surface area contributed by atoms with Gasteiger partial charge in [-0.15, -0.1) is 10.2 Å². The van der Waals surface area contributed by atoms with E-state index in [1.807, 2.05) is 13.1 Å². The second kappa shape index (κ2) is 7.87. The first kappa shape index (κ1) is 22.5. The number of halogens is 1. The average molecular weight is 465 g/mol. The van der Waals surface area contributed by atoms with Crippen LogP contribution in [0.3, 0.4) is 0 Å². The van der Waals surface area contributed by atoms with Gasteiger partial charge >= 0.3 is 0 Å². The fourth-order valence-electron chi connectivity index (χ4n) is 5.57. The number of aromatic hydroxyl groups is 1. The quantitative estimate of drug-likeness (QED) is 0.612. The van der Waals surface area contributed by atoms with Gasteiger partial charge in [0.2, 0.25) is 0 Å². The summed E-state index contributed by atoms with van der Waals surface area (Å²) in [6, 6.07) is 7.83. The van der Waals surface area contributed by atoms with Crippen LogP contribution in [0, 0.1) is 5.82 Å². The molecule has 2 aliphatic heterocycles. The first-order chi connectivity index (χ1) is 16.1. The van der Waals surface area contributed by atoms with Crippen LogP contribution >= 0.6 is 0 Å². The maximum atomic E-state index is 15.0. The van der Waals surface area contributed by atoms with Crippen molar-refractivity contribution in [3.63, 3.8) is 0 Å². The van der Waals surface area contributed by atoms with Crippen LogP contribution in [0.5, 0.6) is 5.75 Å². The third-order valence-electron chi connectivity index (χ3n) is 7.39. The van der Waals surface area contributed by atoms with Gasteiger partial charge in [0, 0.05) is 42.8 Å². The molecule has 2 aliphatic rings. The number of phenolic OH excluding ortho intramolecular Hbond substituents is 1. The molecule has 3 atom stereocenters. The summed E-state index contributed by atoms with van der Waals surface area (Å²) in [5.74, 6) is -0.214. The van der Waals surface area contributed by atoms with E-state index in [4.69, 9.17) is 0 Å². The van der Waals surface area contributed by atoms with Gasteiger partial charge in [0.1, 0.15) is 11.6 Å². The number of hydrogen-bond donors (Lipinski definition) is 2. The van der Waals surface area contributed by atoms with E-state index in [-0.39, 0.29) is 33.6 Å². The zero-order valence-corrected chi connectivity index (χ0v) is 19.8. The lowest BCUT2D eigenvalue weighted by molar-refractivity contribution is 0.207. The molecule has 2 fully saturated rings. The second-order valence-electron chi connectivity index (χ2n) is 10.3. The van der Waals surface area contributed by atoms with Gasteiger partial charge < -0.3 is 15.3 Å². The molecule has 9 heteroatoms. The number of aromatic nitrogens is 4. The Morgan fingerprint density at radius 3 is 2.41 bits per heavy atom. The maximum absolute atomic E-state index is 15.0. The predicted molar refractivity (Wildman–Crippen MR) is 128 cm³/mol. The molecule has 5 rings (SSSR count). The van der Waals surface area contributed by atoms with Gasteiger partial charge in [-0.2, -0.15) is 5.10 Å². The van der Waals surface area contributed by atoms with Crippen LogP contribution in [0.2, 0.25) is 0 Å². The van der Waals surface area contributed by atoms with Crippen LogP contribution in [0.4, 0.5) is 10.2 Å². The van der Waals surface area contributed by atoms with E-state index >= 15 is 4.39 Å². The molecule has 1 unspecified atom stereocenters. The Hall–Kier alpha value is -3.33. The first-order valence-electron chi connectivity index (χ1n) is 11.5. The summed E-state index contributed by atoms with van der Waals surface area (Å²) in [6.45, 7) is 4.57. The third-order valence-corrected chi connectivity index (χ3v) is 7.39. The smallest absolute Gasteiger partial charge is 0.267 e. The van der Waals surface area contributed by atoms with Gasteiger partial charge in [-0.3, -0.25) is 4.79 Å². The van der Waals surface area contributed by atoms with Gasteiger partial charge in [-0.25, -0.2) is 9.07 Å². The van der Waals surface area contributed by atoms with Crippen molar-refractivity contribution < 1.29 is 9.50 Å². The lowest BCUT2D eigenvalue weighted by Crippen LogP contribution is -2.58. The van der Waals surface area contributed by atoms with Crippen LogP contribution in [-0.4, -0.2) is 49.3 Å². The van der Waals surface area contributed by atoms with E-state index in [0.29, 0.717) is 23.0 Å². The number of aryl methyl sites for hydroxylation is 1. The summed E-state index contributed by atoms with van der Waals surface area (Å²) in [7, 11) is 3.56. The number of anilines is 1. The van der Waals surface area contributed by atoms with Gasteiger partial charge in [0.25, 0.3) is 5.56 Å². The largest absolute Gasteiger partial charge is 0.507 e. The summed E-state index contributed by atoms with van der Waals surface area (Å²) in [5, 5.41) is 26.9. The molecule has 2 bridgehead atoms. The predicted octanol–water partition coefficient (Wildman–Crippen LogP) is 3.25. The molecule has 2 saturated heterocycles. The highest BCUT2D eigenvalue weighted by Crippen LogP contribution is 2.44. The number of piperidine rings is 1. The normalized spacial score (nSPS) is 26.0. The van der Waals surface area contributed by atoms with Crippen LogP contribution in [0.15, 0.2) is 41.3 Å². The van der Waals surface area contributed by atoms with E-state index in [2.05, 4.69) is 39.4 Å². The summed E-state index contributed by atoms with van der Waals surface area (Å²) in [5.41, 5.74) is 0.938. The average Bonchev–Trinajstić information content (AvgIpc) is 3.01. The number of nitrogens with zero attached hydrogens (tertiary/aromatic N) is 5. The minimum Gasteiger partial charge on any atom is -0.507 e. The lowest BCUT2D eigenvalue weighted by atomic mass is 9.84. The van der Waals surface area contributed by atoms with E-state index in [1.165, 1.54) is 49.0 Å². The maximum Gasteiger partial charge on any atom is 0.267 e. The molecule has 1 aromatic carbocycles. The third kappa shape index (κ3) is 3.94. The van der Waals surface area contributed by atoms with Crippen molar-refractivity contribution in [1.29, 1.82) is 0 Å². The Balaban J connectivity index is 1.40. The standard InChI is InChI=1S/C25H29FN6O2/c1-24-7-8-25(2,30-24)13-17(12-24)31(3)21-6-5-19(28-29-21)23-18(26)9-15(10-20(23)33)16-11-22(34)32(4)27-14-16/h5-6,9-11,14,17,30,33H,7-8,12-13H2,1-4H3/t17?,24-,25+. The molecule has 0 saturated carbocycles. The molecule has 34 heavy (non-hydrogen) atoms. The monoisotopic (exact) mass is 464 g/mol. The lowest BCUT2D eigenvalue weighted by Gasteiger charge is -2.45. The Labute approximate surface area is 197 Å². The molecule has 178 valence electrons. The zero-order valence-electron chi connectivity index (χ0n) is 19.8. The number of hydrogen-bond acceptors (Lipinski definition) is 7. The molecular formula is C25H29FN6O2. The van der Waals surface area contributed by atoms with Crippen molar-refractivity contribution in [3.05, 3.63) is 52.7 Å². The summed E-state index contributed by atoms with van der Waals surface area (Å²) < 4.78 is 16.2. The SMILES string of the molecule is CN(c1ccc(-c2c(O)cc(-c3cnn(C)c(=O)c3)cc2F)nn1)C1C[C@]2(C)CC[C@](C)(C1)N2. The summed E-state index contributed by atoms with van der Waals surface area (Å²) in [4.78, 5) is 14.0. The van der Waals surface area contributed by atoms with Crippen molar-refractivity contribution in [2.75, 3.05) is 11.9 Å². The van der Waals surface area contributed by atoms with Crippen LogP contribution in [0.1, 0.15) is 39.5 Å². The Kier molecular flexibility index (Phi) is 5.20. The van der Waals surface area contributed by atoms with Gasteiger partial charge in [0.15, 0.2) is 5.82 Å². The Morgan fingerprint density at radius 2 is 1.82 bits per heavy atom. The summed E-state index contributed by atoms with van der Waals surface area (Å²) in [6.07, 6.45) is 5.84. The van der Waals surface area contributed by atoms with Crippen molar-refractivity contribution >= 4 is 5.82 Å². The Bertz CT molecular complexity index is 1270. The number of benzene rings is 1. The fraction of sp³-hybridized carbons (Fsp3) is 0.440. The number of rotatable bonds is 4. The molecule has 0 aliphatic carbocycles. The van der Waals surface area contributed by atoms with Crippen LogP contribution in [0.25, 0.3) is 22.4 Å². The zero-order chi connectivity index (χ0) is 24.3. The van der Waals surface area contributed by atoms with E-state index < -0.39 is 5.82 Å². The molecule has 2 aromatic heterocycles. The van der Waals surface area contributed by atoms with Gasteiger partial charge in [-0.1, -0.05) is 0 Å². The van der Waals surface area contributed by atoms with Gasteiger partial charge in [0.05, 0.1) is 17.5 Å². The van der Waals surface area contributed by atoms with Crippen molar-refractivity contribution in [2.45, 2.75) is 56.7 Å². The van der Waals surface area contributed by atoms with Crippen LogP contribution in [-0.2, 0) is 7.05 Å². The molecular weight excluding hydrogens is 435 g/mol. The van der Waals surface area contributed by atoms with E-state index in [1.54, 1.807) is 6.07 Å². The molecule has 4 heterocycles. The van der Waals surface area contributed by atoms with Crippen molar-refractivity contribution in [2.24, 2.45) is 7.05 Å². The molecule has 8 nitrogen and oxygen atoms in total. The molecule has 0 spiro atoms. The molecule has 2 N–H and O–H groups in total. The molecule has 0 amide bonds. The number of nitrogens with one attached hydrogen (secondary N) is 1. The number of phenols is 1. The second-order valence-corrected chi connectivity index (χ2v) is 10.3. The first-order valence-corrected chi connectivity index (χ1v) is 11.5. The topological polar surface area (TPSA) is 96.2 Å².